The van der Waals surface area contributed by atoms with Crippen molar-refractivity contribution in [2.45, 2.75) is 39.0 Å². The molecule has 1 saturated heterocycles. The number of hydrogen-bond donors (Lipinski definition) is 0. The Labute approximate surface area is 128 Å². The summed E-state index contributed by atoms with van der Waals surface area (Å²) < 4.78 is 29.3. The number of hydrogen-bond acceptors (Lipinski definition) is 4. The Hall–Kier alpha value is -1.07. The van der Waals surface area contributed by atoms with Crippen LogP contribution in [0, 0.1) is 13.8 Å². The van der Waals surface area contributed by atoms with Crippen LogP contribution >= 0.6 is 0 Å². The fourth-order valence-corrected chi connectivity index (χ4v) is 4.36. The van der Waals surface area contributed by atoms with E-state index in [1.807, 2.05) is 20.8 Å². The van der Waals surface area contributed by atoms with Gasteiger partial charge in [0.05, 0.1) is 18.1 Å². The predicted molar refractivity (Wildman–Crippen MR) is 85.6 cm³/mol. The molecule has 1 aromatic carbocycles. The van der Waals surface area contributed by atoms with Gasteiger partial charge in [-0.15, -0.1) is 0 Å². The molecule has 4 nitrogen and oxygen atoms in total. The van der Waals surface area contributed by atoms with Gasteiger partial charge in [0.25, 0.3) is 0 Å². The zero-order valence-corrected chi connectivity index (χ0v) is 14.2. The van der Waals surface area contributed by atoms with Gasteiger partial charge in [-0.1, -0.05) is 12.1 Å². The van der Waals surface area contributed by atoms with Crippen LogP contribution in [0.15, 0.2) is 12.1 Å². The zero-order chi connectivity index (χ0) is 15.6. The van der Waals surface area contributed by atoms with Crippen molar-refractivity contribution in [1.82, 2.24) is 4.90 Å². The molecule has 0 amide bonds. The summed E-state index contributed by atoms with van der Waals surface area (Å²) in [5, 5.41) is -0.221. The Morgan fingerprint density at radius 1 is 1.24 bits per heavy atom. The highest BCUT2D eigenvalue weighted by molar-refractivity contribution is 7.92. The average Bonchev–Trinajstić information content (AvgIpc) is 2.52. The van der Waals surface area contributed by atoms with Gasteiger partial charge in [0.15, 0.2) is 9.84 Å². The lowest BCUT2D eigenvalue weighted by Gasteiger charge is -2.20. The maximum Gasteiger partial charge on any atom is 0.154 e. The van der Waals surface area contributed by atoms with Crippen LogP contribution in [0.3, 0.4) is 0 Å². The van der Waals surface area contributed by atoms with E-state index in [-0.39, 0.29) is 11.0 Å². The van der Waals surface area contributed by atoms with Crippen molar-refractivity contribution in [1.29, 1.82) is 0 Å². The molecule has 21 heavy (non-hydrogen) atoms. The third-order valence-electron chi connectivity index (χ3n) is 4.29. The topological polar surface area (TPSA) is 46.6 Å². The van der Waals surface area contributed by atoms with E-state index < -0.39 is 9.84 Å². The summed E-state index contributed by atoms with van der Waals surface area (Å²) in [4.78, 5) is 2.24. The Morgan fingerprint density at radius 2 is 1.86 bits per heavy atom. The molecule has 1 aromatic rings. The molecule has 0 N–H and O–H groups in total. The largest absolute Gasteiger partial charge is 0.496 e. The van der Waals surface area contributed by atoms with Crippen molar-refractivity contribution < 1.29 is 13.2 Å². The summed E-state index contributed by atoms with van der Waals surface area (Å²) in [6.45, 7) is 8.17. The number of rotatable bonds is 3. The lowest BCUT2D eigenvalue weighted by molar-refractivity contribution is 0.283. The van der Waals surface area contributed by atoms with Crippen molar-refractivity contribution in [3.63, 3.8) is 0 Å². The molecule has 0 spiro atoms. The monoisotopic (exact) mass is 311 g/mol. The molecule has 0 aromatic heterocycles. The van der Waals surface area contributed by atoms with Crippen LogP contribution in [-0.2, 0) is 16.4 Å². The molecule has 1 fully saturated rings. The quantitative estimate of drug-likeness (QED) is 0.859. The normalized spacial score (nSPS) is 22.8. The molecule has 0 saturated carbocycles. The minimum atomic E-state index is -2.91. The molecule has 1 aliphatic rings. The molecular weight excluding hydrogens is 286 g/mol. The maximum atomic E-state index is 11.9. The number of ether oxygens (including phenoxy) is 1. The molecule has 2 rings (SSSR count). The van der Waals surface area contributed by atoms with E-state index in [2.05, 4.69) is 17.0 Å². The van der Waals surface area contributed by atoms with E-state index in [1.54, 1.807) is 7.11 Å². The van der Waals surface area contributed by atoms with E-state index in [9.17, 15) is 8.42 Å². The van der Waals surface area contributed by atoms with Gasteiger partial charge in [0.1, 0.15) is 5.75 Å². The molecule has 0 bridgehead atoms. The fraction of sp³-hybridized carbons (Fsp3) is 0.625. The first-order chi connectivity index (χ1) is 9.83. The number of sulfone groups is 1. The standard InChI is InChI=1S/C16H25NO3S/c1-12-9-15(10-13(2)16(12)20-4)11-17-6-5-14(3)21(18,19)8-7-17/h9-10,14H,5-8,11H2,1-4H3. The van der Waals surface area contributed by atoms with Gasteiger partial charge in [-0.05, 0) is 50.4 Å². The first kappa shape index (κ1) is 16.3. The molecular formula is C16H25NO3S. The van der Waals surface area contributed by atoms with Crippen LogP contribution in [0.2, 0.25) is 0 Å². The molecule has 0 aliphatic carbocycles. The highest BCUT2D eigenvalue weighted by Crippen LogP contribution is 2.25. The van der Waals surface area contributed by atoms with Crippen LogP contribution < -0.4 is 4.74 Å². The molecule has 5 heteroatoms. The van der Waals surface area contributed by atoms with Crippen LogP contribution in [0.5, 0.6) is 5.75 Å². The third kappa shape index (κ3) is 3.77. The lowest BCUT2D eigenvalue weighted by atomic mass is 10.1. The Balaban J connectivity index is 2.12. The van der Waals surface area contributed by atoms with Crippen LogP contribution in [0.4, 0.5) is 0 Å². The molecule has 1 heterocycles. The minimum absolute atomic E-state index is 0.221. The zero-order valence-electron chi connectivity index (χ0n) is 13.3. The fourth-order valence-electron chi connectivity index (χ4n) is 2.98. The molecule has 1 atom stereocenters. The second-order valence-electron chi connectivity index (χ2n) is 6.01. The predicted octanol–water partition coefficient (Wildman–Crippen LogP) is 2.32. The van der Waals surface area contributed by atoms with Crippen LogP contribution in [0.1, 0.15) is 30.0 Å². The maximum absolute atomic E-state index is 11.9. The SMILES string of the molecule is COc1c(C)cc(CN2CCC(C)S(=O)(=O)CC2)cc1C. The van der Waals surface area contributed by atoms with E-state index in [1.165, 1.54) is 5.56 Å². The summed E-state index contributed by atoms with van der Waals surface area (Å²) in [7, 11) is -1.22. The summed E-state index contributed by atoms with van der Waals surface area (Å²) in [5.41, 5.74) is 3.48. The number of methoxy groups -OCH3 is 1. The Kier molecular flexibility index (Phi) is 4.94. The molecule has 118 valence electrons. The Bertz CT molecular complexity index is 587. The van der Waals surface area contributed by atoms with Crippen LogP contribution in [0.25, 0.3) is 0 Å². The molecule has 0 radical (unpaired) electrons. The summed E-state index contributed by atoms with van der Waals surface area (Å²) in [6, 6.07) is 4.27. The van der Waals surface area contributed by atoms with Crippen molar-refractivity contribution in [2.24, 2.45) is 0 Å². The van der Waals surface area contributed by atoms with Crippen molar-refractivity contribution in [3.05, 3.63) is 28.8 Å². The van der Waals surface area contributed by atoms with Crippen molar-refractivity contribution in [3.8, 4) is 5.75 Å². The average molecular weight is 311 g/mol. The second-order valence-corrected chi connectivity index (χ2v) is 8.54. The third-order valence-corrected chi connectivity index (χ3v) is 6.50. The number of nitrogens with zero attached hydrogens (tertiary/aromatic N) is 1. The van der Waals surface area contributed by atoms with Crippen LogP contribution in [-0.4, -0.2) is 44.5 Å². The van der Waals surface area contributed by atoms with E-state index >= 15 is 0 Å². The van der Waals surface area contributed by atoms with Gasteiger partial charge in [-0.2, -0.15) is 0 Å². The van der Waals surface area contributed by atoms with Gasteiger partial charge in [-0.25, -0.2) is 8.42 Å². The minimum Gasteiger partial charge on any atom is -0.496 e. The Morgan fingerprint density at radius 3 is 2.43 bits per heavy atom. The first-order valence-corrected chi connectivity index (χ1v) is 9.13. The van der Waals surface area contributed by atoms with Gasteiger partial charge < -0.3 is 4.74 Å². The first-order valence-electron chi connectivity index (χ1n) is 7.41. The smallest absolute Gasteiger partial charge is 0.154 e. The van der Waals surface area contributed by atoms with Crippen molar-refractivity contribution in [2.75, 3.05) is 26.0 Å². The summed E-state index contributed by atoms with van der Waals surface area (Å²) >= 11 is 0. The van der Waals surface area contributed by atoms with E-state index in [0.717, 1.165) is 36.4 Å². The molecule has 1 unspecified atom stereocenters. The highest BCUT2D eigenvalue weighted by Gasteiger charge is 2.26. The van der Waals surface area contributed by atoms with Gasteiger partial charge >= 0.3 is 0 Å². The highest BCUT2D eigenvalue weighted by atomic mass is 32.2. The van der Waals surface area contributed by atoms with E-state index in [0.29, 0.717) is 6.54 Å². The number of aryl methyl sites for hydroxylation is 2. The van der Waals surface area contributed by atoms with E-state index in [4.69, 9.17) is 4.74 Å². The second kappa shape index (κ2) is 6.36. The van der Waals surface area contributed by atoms with Gasteiger partial charge in [-0.3, -0.25) is 4.90 Å². The van der Waals surface area contributed by atoms with Gasteiger partial charge in [0.2, 0.25) is 0 Å². The van der Waals surface area contributed by atoms with Crippen molar-refractivity contribution >= 4 is 9.84 Å². The lowest BCUT2D eigenvalue weighted by Crippen LogP contribution is -2.26. The summed E-state index contributed by atoms with van der Waals surface area (Å²) in [6.07, 6.45) is 0.719. The summed E-state index contributed by atoms with van der Waals surface area (Å²) in [5.74, 6) is 1.20. The van der Waals surface area contributed by atoms with Gasteiger partial charge in [0, 0.05) is 13.1 Å². The number of benzene rings is 1. The molecule has 1 aliphatic heterocycles.